The average Bonchev–Trinajstić information content (AvgIpc) is 2.64. The number of hydrogen-bond donors (Lipinski definition) is 2. The predicted octanol–water partition coefficient (Wildman–Crippen LogP) is 5.75. The highest BCUT2D eigenvalue weighted by atomic mass is 127. The van der Waals surface area contributed by atoms with Gasteiger partial charge in [-0.1, -0.05) is 18.5 Å². The Labute approximate surface area is 171 Å². The smallest absolute Gasteiger partial charge is 0.225 e. The molecule has 26 heavy (non-hydrogen) atoms. The molecule has 7 heteroatoms. The number of pyridine rings is 1. The number of hydrogen-bond acceptors (Lipinski definition) is 5. The van der Waals surface area contributed by atoms with Crippen LogP contribution in [0.5, 0.6) is 0 Å². The van der Waals surface area contributed by atoms with Crippen LogP contribution in [0.4, 0.5) is 17.5 Å². The van der Waals surface area contributed by atoms with Crippen LogP contribution >= 0.6 is 34.2 Å². The van der Waals surface area contributed by atoms with Crippen LogP contribution in [0, 0.1) is 3.57 Å². The molecular weight excluding hydrogens is 461 g/mol. The van der Waals surface area contributed by atoms with E-state index in [0.717, 1.165) is 26.9 Å². The van der Waals surface area contributed by atoms with Gasteiger partial charge in [0.25, 0.3) is 0 Å². The molecule has 0 saturated heterocycles. The summed E-state index contributed by atoms with van der Waals surface area (Å²) in [5.74, 6) is 1.25. The van der Waals surface area contributed by atoms with Crippen molar-refractivity contribution in [2.45, 2.75) is 26.3 Å². The van der Waals surface area contributed by atoms with Gasteiger partial charge in [0.1, 0.15) is 5.82 Å². The van der Waals surface area contributed by atoms with E-state index in [1.807, 2.05) is 36.4 Å². The molecular formula is C19H19ClIN5. The highest BCUT2D eigenvalue weighted by Gasteiger charge is 2.10. The van der Waals surface area contributed by atoms with Crippen LogP contribution in [-0.2, 0) is 0 Å². The molecule has 2 heterocycles. The highest BCUT2D eigenvalue weighted by Crippen LogP contribution is 2.28. The fourth-order valence-electron chi connectivity index (χ4n) is 2.29. The van der Waals surface area contributed by atoms with Crippen molar-refractivity contribution in [2.75, 3.05) is 10.6 Å². The van der Waals surface area contributed by atoms with Crippen molar-refractivity contribution in [3.8, 4) is 11.3 Å². The van der Waals surface area contributed by atoms with Crippen LogP contribution in [0.3, 0.4) is 0 Å². The number of nitrogens with zero attached hydrogens (tertiary/aromatic N) is 3. The number of halogens is 2. The minimum absolute atomic E-state index is 0.272. The van der Waals surface area contributed by atoms with E-state index in [2.05, 4.69) is 62.0 Å². The van der Waals surface area contributed by atoms with Crippen molar-refractivity contribution in [2.24, 2.45) is 0 Å². The van der Waals surface area contributed by atoms with E-state index in [1.165, 1.54) is 0 Å². The fourth-order valence-corrected chi connectivity index (χ4v) is 3.19. The number of rotatable bonds is 6. The molecule has 0 aliphatic heterocycles. The first-order valence-corrected chi connectivity index (χ1v) is 9.79. The van der Waals surface area contributed by atoms with Gasteiger partial charge in [-0.05, 0) is 66.3 Å². The third-order valence-electron chi connectivity index (χ3n) is 3.87. The zero-order chi connectivity index (χ0) is 18.5. The van der Waals surface area contributed by atoms with Crippen LogP contribution < -0.4 is 10.6 Å². The van der Waals surface area contributed by atoms with Gasteiger partial charge in [0.2, 0.25) is 5.95 Å². The van der Waals surface area contributed by atoms with E-state index in [1.54, 1.807) is 12.4 Å². The summed E-state index contributed by atoms with van der Waals surface area (Å²) in [5.41, 5.74) is 2.53. The summed E-state index contributed by atoms with van der Waals surface area (Å²) in [5, 5.41) is 7.28. The van der Waals surface area contributed by atoms with Crippen molar-refractivity contribution in [3.05, 3.63) is 57.4 Å². The average molecular weight is 480 g/mol. The molecule has 3 aromatic rings. The van der Waals surface area contributed by atoms with Crippen LogP contribution in [0.2, 0.25) is 5.02 Å². The highest BCUT2D eigenvalue weighted by molar-refractivity contribution is 14.1. The summed E-state index contributed by atoms with van der Waals surface area (Å²) < 4.78 is 1.08. The summed E-state index contributed by atoms with van der Waals surface area (Å²) in [6.07, 6.45) is 4.51. The third kappa shape index (κ3) is 4.82. The number of benzene rings is 1. The lowest BCUT2D eigenvalue weighted by Gasteiger charge is -2.15. The van der Waals surface area contributed by atoms with Crippen LogP contribution in [0.25, 0.3) is 11.3 Å². The Kier molecular flexibility index (Phi) is 6.26. The molecule has 2 aromatic heterocycles. The molecule has 0 saturated carbocycles. The summed E-state index contributed by atoms with van der Waals surface area (Å²) in [6, 6.07) is 11.9. The molecule has 134 valence electrons. The summed E-state index contributed by atoms with van der Waals surface area (Å²) in [7, 11) is 0. The predicted molar refractivity (Wildman–Crippen MR) is 116 cm³/mol. The summed E-state index contributed by atoms with van der Waals surface area (Å²) >= 11 is 8.58. The lowest BCUT2D eigenvalue weighted by Crippen LogP contribution is -2.16. The standard InChI is InChI=1S/C19H19ClIN5/c1-3-12(2)23-19-25-17(13-5-4-8-22-11-13)10-18(26-19)24-16-7-6-14(21)9-15(16)20/h4-12H,3H2,1-2H3,(H2,23,24,25,26)/t12-/m1/s1. The largest absolute Gasteiger partial charge is 0.352 e. The topological polar surface area (TPSA) is 62.7 Å². The molecule has 0 radical (unpaired) electrons. The van der Waals surface area contributed by atoms with Gasteiger partial charge >= 0.3 is 0 Å². The van der Waals surface area contributed by atoms with Gasteiger partial charge in [0.05, 0.1) is 16.4 Å². The molecule has 5 nitrogen and oxygen atoms in total. The summed E-state index contributed by atoms with van der Waals surface area (Å²) in [4.78, 5) is 13.4. The van der Waals surface area contributed by atoms with E-state index in [0.29, 0.717) is 16.8 Å². The van der Waals surface area contributed by atoms with Gasteiger partial charge in [-0.15, -0.1) is 0 Å². The Hall–Kier alpha value is -1.93. The number of aromatic nitrogens is 3. The second-order valence-corrected chi connectivity index (χ2v) is 7.56. The van der Waals surface area contributed by atoms with Gasteiger partial charge in [0, 0.05) is 33.6 Å². The Morgan fingerprint density at radius 2 is 2.04 bits per heavy atom. The Morgan fingerprint density at radius 1 is 1.19 bits per heavy atom. The first-order valence-electron chi connectivity index (χ1n) is 8.33. The van der Waals surface area contributed by atoms with Gasteiger partial charge in [-0.2, -0.15) is 4.98 Å². The van der Waals surface area contributed by atoms with Crippen LogP contribution in [0.1, 0.15) is 20.3 Å². The molecule has 1 atom stereocenters. The minimum Gasteiger partial charge on any atom is -0.352 e. The van der Waals surface area contributed by atoms with Crippen LogP contribution in [0.15, 0.2) is 48.8 Å². The minimum atomic E-state index is 0.272. The van der Waals surface area contributed by atoms with Crippen molar-refractivity contribution < 1.29 is 0 Å². The van der Waals surface area contributed by atoms with Gasteiger partial charge in [0.15, 0.2) is 0 Å². The van der Waals surface area contributed by atoms with Crippen molar-refractivity contribution >= 4 is 51.6 Å². The molecule has 0 unspecified atom stereocenters. The fraction of sp³-hybridized carbons (Fsp3) is 0.211. The number of anilines is 3. The second-order valence-electron chi connectivity index (χ2n) is 5.91. The van der Waals surface area contributed by atoms with Crippen molar-refractivity contribution in [1.82, 2.24) is 15.0 Å². The van der Waals surface area contributed by atoms with E-state index in [9.17, 15) is 0 Å². The maximum atomic E-state index is 6.35. The monoisotopic (exact) mass is 479 g/mol. The third-order valence-corrected chi connectivity index (χ3v) is 4.85. The van der Waals surface area contributed by atoms with Crippen LogP contribution in [-0.4, -0.2) is 21.0 Å². The molecule has 0 aliphatic rings. The first kappa shape index (κ1) is 18.8. The lowest BCUT2D eigenvalue weighted by atomic mass is 10.2. The molecule has 0 spiro atoms. The molecule has 1 aromatic carbocycles. The molecule has 0 amide bonds. The van der Waals surface area contributed by atoms with Gasteiger partial charge < -0.3 is 10.6 Å². The quantitative estimate of drug-likeness (QED) is 0.441. The van der Waals surface area contributed by atoms with E-state index in [-0.39, 0.29) is 6.04 Å². The number of nitrogens with one attached hydrogen (secondary N) is 2. The Bertz CT molecular complexity index is 888. The van der Waals surface area contributed by atoms with Crippen molar-refractivity contribution in [3.63, 3.8) is 0 Å². The normalized spacial score (nSPS) is 11.8. The Morgan fingerprint density at radius 3 is 2.73 bits per heavy atom. The van der Waals surface area contributed by atoms with E-state index < -0.39 is 0 Å². The lowest BCUT2D eigenvalue weighted by molar-refractivity contribution is 0.753. The van der Waals surface area contributed by atoms with E-state index in [4.69, 9.17) is 11.6 Å². The SMILES string of the molecule is CC[C@@H](C)Nc1nc(Nc2ccc(I)cc2Cl)cc(-c2cccnc2)n1. The van der Waals surface area contributed by atoms with Gasteiger partial charge in [-0.25, -0.2) is 4.98 Å². The first-order chi connectivity index (χ1) is 12.5. The summed E-state index contributed by atoms with van der Waals surface area (Å²) in [6.45, 7) is 4.22. The van der Waals surface area contributed by atoms with Gasteiger partial charge in [-0.3, -0.25) is 4.98 Å². The molecule has 0 fully saturated rings. The van der Waals surface area contributed by atoms with Crippen molar-refractivity contribution in [1.29, 1.82) is 0 Å². The molecule has 0 aliphatic carbocycles. The maximum absolute atomic E-state index is 6.35. The molecule has 0 bridgehead atoms. The van der Waals surface area contributed by atoms with E-state index >= 15 is 0 Å². The molecule has 3 rings (SSSR count). The maximum Gasteiger partial charge on any atom is 0.225 e. The second kappa shape index (κ2) is 8.64. The zero-order valence-electron chi connectivity index (χ0n) is 14.5. The zero-order valence-corrected chi connectivity index (χ0v) is 17.4. The Balaban J connectivity index is 1.98. The molecule has 2 N–H and O–H groups in total.